The average molecular weight is 440 g/mol. The van der Waals surface area contributed by atoms with Gasteiger partial charge in [0.1, 0.15) is 10.8 Å². The fraction of sp³-hybridized carbons (Fsp3) is 0.400. The molecule has 0 radical (unpaired) electrons. The third-order valence-electron chi connectivity index (χ3n) is 4.85. The van der Waals surface area contributed by atoms with Gasteiger partial charge in [-0.15, -0.1) is 0 Å². The molecule has 1 aromatic carbocycles. The summed E-state index contributed by atoms with van der Waals surface area (Å²) in [5.41, 5.74) is 1.18. The number of piperazine rings is 1. The van der Waals surface area contributed by atoms with Gasteiger partial charge >= 0.3 is 0 Å². The third-order valence-corrected chi connectivity index (χ3v) is 5.37. The van der Waals surface area contributed by atoms with Crippen molar-refractivity contribution in [2.45, 2.75) is 6.54 Å². The summed E-state index contributed by atoms with van der Waals surface area (Å²) in [7, 11) is 4.79. The van der Waals surface area contributed by atoms with E-state index in [0.717, 1.165) is 5.56 Å². The lowest BCUT2D eigenvalue weighted by atomic mass is 10.1. The van der Waals surface area contributed by atoms with Crippen LogP contribution in [0.5, 0.6) is 17.2 Å². The second-order valence-electron chi connectivity index (χ2n) is 6.53. The lowest BCUT2D eigenvalue weighted by molar-refractivity contribution is 0.0621. The van der Waals surface area contributed by atoms with Crippen LogP contribution in [0.25, 0.3) is 0 Å². The van der Waals surface area contributed by atoms with Gasteiger partial charge < -0.3 is 19.1 Å². The minimum absolute atomic E-state index is 0.189. The Morgan fingerprint density at radius 3 is 2.28 bits per heavy atom. The van der Waals surface area contributed by atoms with Gasteiger partial charge in [-0.2, -0.15) is 0 Å². The number of halogens is 2. The summed E-state index contributed by atoms with van der Waals surface area (Å²) < 4.78 is 16.4. The zero-order valence-electron chi connectivity index (χ0n) is 16.6. The molecule has 1 aliphatic rings. The van der Waals surface area contributed by atoms with Gasteiger partial charge in [-0.05, 0) is 18.2 Å². The predicted molar refractivity (Wildman–Crippen MR) is 112 cm³/mol. The molecule has 2 heterocycles. The van der Waals surface area contributed by atoms with Crippen molar-refractivity contribution in [1.29, 1.82) is 0 Å². The molecule has 0 aliphatic carbocycles. The van der Waals surface area contributed by atoms with E-state index >= 15 is 0 Å². The van der Waals surface area contributed by atoms with Crippen LogP contribution in [0.4, 0.5) is 0 Å². The van der Waals surface area contributed by atoms with Crippen LogP contribution in [0.15, 0.2) is 24.3 Å². The van der Waals surface area contributed by atoms with E-state index in [-0.39, 0.29) is 16.8 Å². The van der Waals surface area contributed by atoms with Crippen LogP contribution in [0.2, 0.25) is 10.2 Å². The highest BCUT2D eigenvalue weighted by molar-refractivity contribution is 6.34. The Morgan fingerprint density at radius 2 is 1.66 bits per heavy atom. The van der Waals surface area contributed by atoms with E-state index in [0.29, 0.717) is 55.0 Å². The van der Waals surface area contributed by atoms with E-state index in [2.05, 4.69) is 9.88 Å². The molecule has 0 N–H and O–H groups in total. The lowest BCUT2D eigenvalue weighted by Crippen LogP contribution is -2.48. The molecule has 1 aromatic heterocycles. The molecule has 1 amide bonds. The molecule has 3 rings (SSSR count). The van der Waals surface area contributed by atoms with E-state index in [1.807, 2.05) is 12.1 Å². The normalized spacial score (nSPS) is 14.6. The molecule has 2 aromatic rings. The SMILES string of the molecule is COc1ccc(CN2CCN(C(=O)c3nc(Cl)ccc3Cl)CC2)c(OC)c1OC. The highest BCUT2D eigenvalue weighted by Gasteiger charge is 2.26. The van der Waals surface area contributed by atoms with Crippen molar-refractivity contribution in [2.24, 2.45) is 0 Å². The molecular formula is C20H23Cl2N3O4. The number of rotatable bonds is 6. The molecule has 1 fully saturated rings. The summed E-state index contributed by atoms with van der Waals surface area (Å²) in [6.07, 6.45) is 0. The van der Waals surface area contributed by atoms with Crippen LogP contribution < -0.4 is 14.2 Å². The van der Waals surface area contributed by atoms with Crippen molar-refractivity contribution in [3.63, 3.8) is 0 Å². The second kappa shape index (κ2) is 9.52. The van der Waals surface area contributed by atoms with Gasteiger partial charge in [0.2, 0.25) is 5.75 Å². The number of amides is 1. The monoisotopic (exact) mass is 439 g/mol. The standard InChI is InChI=1S/C20H23Cl2N3O4/c1-27-15-6-4-13(18(28-2)19(15)29-3)12-24-8-10-25(11-9-24)20(26)17-14(21)5-7-16(22)23-17/h4-7H,8-12H2,1-3H3. The minimum atomic E-state index is -0.208. The van der Waals surface area contributed by atoms with E-state index in [1.165, 1.54) is 0 Å². The molecule has 1 aliphatic heterocycles. The van der Waals surface area contributed by atoms with Crippen LogP contribution in [-0.2, 0) is 6.54 Å². The lowest BCUT2D eigenvalue weighted by Gasteiger charge is -2.35. The number of aromatic nitrogens is 1. The summed E-state index contributed by atoms with van der Waals surface area (Å²) >= 11 is 12.0. The Kier molecular flexibility index (Phi) is 7.05. The Labute approximate surface area is 180 Å². The minimum Gasteiger partial charge on any atom is -0.493 e. The first kappa shape index (κ1) is 21.5. The van der Waals surface area contributed by atoms with Crippen LogP contribution in [0.1, 0.15) is 16.1 Å². The molecular weight excluding hydrogens is 417 g/mol. The number of nitrogens with zero attached hydrogens (tertiary/aromatic N) is 3. The fourth-order valence-electron chi connectivity index (χ4n) is 3.36. The van der Waals surface area contributed by atoms with Crippen molar-refractivity contribution in [1.82, 2.24) is 14.8 Å². The van der Waals surface area contributed by atoms with Gasteiger partial charge in [-0.1, -0.05) is 29.3 Å². The van der Waals surface area contributed by atoms with Crippen molar-refractivity contribution in [2.75, 3.05) is 47.5 Å². The maximum absolute atomic E-state index is 12.7. The van der Waals surface area contributed by atoms with Crippen LogP contribution in [-0.4, -0.2) is 68.2 Å². The number of methoxy groups -OCH3 is 3. The van der Waals surface area contributed by atoms with Gasteiger partial charge in [0.05, 0.1) is 26.4 Å². The highest BCUT2D eigenvalue weighted by Crippen LogP contribution is 2.40. The number of pyridine rings is 1. The number of hydrogen-bond donors (Lipinski definition) is 0. The maximum Gasteiger partial charge on any atom is 0.274 e. The van der Waals surface area contributed by atoms with E-state index < -0.39 is 0 Å². The zero-order chi connectivity index (χ0) is 21.0. The third kappa shape index (κ3) is 4.69. The van der Waals surface area contributed by atoms with Gasteiger partial charge in [0, 0.05) is 38.3 Å². The van der Waals surface area contributed by atoms with Crippen LogP contribution in [0.3, 0.4) is 0 Å². The van der Waals surface area contributed by atoms with Crippen molar-refractivity contribution in [3.05, 3.63) is 45.7 Å². The van der Waals surface area contributed by atoms with Gasteiger partial charge in [0.25, 0.3) is 5.91 Å². The Bertz CT molecular complexity index is 886. The second-order valence-corrected chi connectivity index (χ2v) is 7.32. The number of ether oxygens (including phenoxy) is 3. The number of carbonyl (C=O) groups excluding carboxylic acids is 1. The maximum atomic E-state index is 12.7. The molecule has 1 saturated heterocycles. The highest BCUT2D eigenvalue weighted by atomic mass is 35.5. The molecule has 7 nitrogen and oxygen atoms in total. The summed E-state index contributed by atoms with van der Waals surface area (Å²) in [4.78, 5) is 20.8. The average Bonchev–Trinajstić information content (AvgIpc) is 2.75. The van der Waals surface area contributed by atoms with Gasteiger partial charge in [0.15, 0.2) is 11.5 Å². The number of carbonyl (C=O) groups is 1. The Hall–Kier alpha value is -2.22. The summed E-state index contributed by atoms with van der Waals surface area (Å²) in [5.74, 6) is 1.64. The molecule has 9 heteroatoms. The first-order valence-corrected chi connectivity index (χ1v) is 9.85. The van der Waals surface area contributed by atoms with Crippen LogP contribution in [0, 0.1) is 0 Å². The van der Waals surface area contributed by atoms with Crippen LogP contribution >= 0.6 is 23.2 Å². The Balaban J connectivity index is 1.67. The molecule has 0 unspecified atom stereocenters. The van der Waals surface area contributed by atoms with Gasteiger partial charge in [-0.3, -0.25) is 9.69 Å². The molecule has 29 heavy (non-hydrogen) atoms. The number of hydrogen-bond acceptors (Lipinski definition) is 6. The van der Waals surface area contributed by atoms with E-state index in [1.54, 1.807) is 38.4 Å². The Morgan fingerprint density at radius 1 is 0.966 bits per heavy atom. The van der Waals surface area contributed by atoms with Crippen molar-refractivity contribution < 1.29 is 19.0 Å². The van der Waals surface area contributed by atoms with Gasteiger partial charge in [-0.25, -0.2) is 4.98 Å². The van der Waals surface area contributed by atoms with Crippen molar-refractivity contribution in [3.8, 4) is 17.2 Å². The first-order valence-electron chi connectivity index (χ1n) is 9.10. The predicted octanol–water partition coefficient (Wildman–Crippen LogP) is 3.37. The summed E-state index contributed by atoms with van der Waals surface area (Å²) in [6.45, 7) is 3.22. The smallest absolute Gasteiger partial charge is 0.274 e. The molecule has 0 bridgehead atoms. The zero-order valence-corrected chi connectivity index (χ0v) is 18.1. The molecule has 0 spiro atoms. The molecule has 0 saturated carbocycles. The molecule has 0 atom stereocenters. The van der Waals surface area contributed by atoms with E-state index in [9.17, 15) is 4.79 Å². The largest absolute Gasteiger partial charge is 0.493 e. The summed E-state index contributed by atoms with van der Waals surface area (Å²) in [5, 5.41) is 0.550. The van der Waals surface area contributed by atoms with E-state index in [4.69, 9.17) is 37.4 Å². The first-order chi connectivity index (χ1) is 14.0. The topological polar surface area (TPSA) is 64.1 Å². The fourth-order valence-corrected chi connectivity index (χ4v) is 3.69. The molecule has 156 valence electrons. The summed E-state index contributed by atoms with van der Waals surface area (Å²) in [6, 6.07) is 6.98. The number of benzene rings is 1. The quantitative estimate of drug-likeness (QED) is 0.642. The van der Waals surface area contributed by atoms with Crippen molar-refractivity contribution >= 4 is 29.1 Å².